The van der Waals surface area contributed by atoms with Gasteiger partial charge >= 0.3 is 0 Å². The van der Waals surface area contributed by atoms with Gasteiger partial charge in [-0.05, 0) is 18.4 Å². The Bertz CT molecular complexity index is 333. The Hall–Kier alpha value is -1.10. The van der Waals surface area contributed by atoms with E-state index >= 15 is 0 Å². The maximum atomic E-state index is 12.0. The van der Waals surface area contributed by atoms with Gasteiger partial charge in [0.05, 0.1) is 0 Å². The highest BCUT2D eigenvalue weighted by molar-refractivity contribution is 5.81. The van der Waals surface area contributed by atoms with Crippen LogP contribution in [0.3, 0.4) is 0 Å². The SMILES string of the molecule is CN(CC(C)(C)CN)C(=O)CCCNC(=O)C(C)(C)C. The van der Waals surface area contributed by atoms with Crippen molar-refractivity contribution in [1.82, 2.24) is 10.2 Å². The quantitative estimate of drug-likeness (QED) is 0.694. The van der Waals surface area contributed by atoms with E-state index in [1.54, 1.807) is 11.9 Å². The molecule has 0 unspecified atom stereocenters. The number of nitrogens with one attached hydrogen (secondary N) is 1. The maximum absolute atomic E-state index is 12.0. The van der Waals surface area contributed by atoms with Crippen molar-refractivity contribution in [3.63, 3.8) is 0 Å². The molecule has 20 heavy (non-hydrogen) atoms. The average molecular weight is 285 g/mol. The van der Waals surface area contributed by atoms with E-state index in [1.165, 1.54) is 0 Å². The summed E-state index contributed by atoms with van der Waals surface area (Å²) in [7, 11) is 1.80. The monoisotopic (exact) mass is 285 g/mol. The van der Waals surface area contributed by atoms with Crippen molar-refractivity contribution in [2.45, 2.75) is 47.5 Å². The van der Waals surface area contributed by atoms with Gasteiger partial charge in [-0.25, -0.2) is 0 Å². The highest BCUT2D eigenvalue weighted by Gasteiger charge is 2.22. The summed E-state index contributed by atoms with van der Waals surface area (Å²) in [5, 5.41) is 2.85. The fraction of sp³-hybridized carbons (Fsp3) is 0.867. The van der Waals surface area contributed by atoms with E-state index in [2.05, 4.69) is 5.32 Å². The zero-order valence-corrected chi connectivity index (χ0v) is 13.9. The zero-order chi connectivity index (χ0) is 16.0. The number of carbonyl (C=O) groups excluding carboxylic acids is 2. The van der Waals surface area contributed by atoms with Gasteiger partial charge in [0.25, 0.3) is 0 Å². The van der Waals surface area contributed by atoms with Crippen LogP contribution in [0.4, 0.5) is 0 Å². The molecule has 0 fully saturated rings. The molecule has 0 spiro atoms. The van der Waals surface area contributed by atoms with Gasteiger partial charge < -0.3 is 16.0 Å². The van der Waals surface area contributed by atoms with Crippen molar-refractivity contribution in [2.24, 2.45) is 16.6 Å². The van der Waals surface area contributed by atoms with E-state index in [0.29, 0.717) is 32.5 Å². The van der Waals surface area contributed by atoms with E-state index in [-0.39, 0.29) is 22.6 Å². The van der Waals surface area contributed by atoms with Crippen molar-refractivity contribution in [3.8, 4) is 0 Å². The lowest BCUT2D eigenvalue weighted by Crippen LogP contribution is -2.40. The van der Waals surface area contributed by atoms with Gasteiger partial charge in [0.2, 0.25) is 11.8 Å². The summed E-state index contributed by atoms with van der Waals surface area (Å²) in [6.07, 6.45) is 1.11. The van der Waals surface area contributed by atoms with Crippen molar-refractivity contribution in [1.29, 1.82) is 0 Å². The van der Waals surface area contributed by atoms with Crippen LogP contribution in [-0.4, -0.2) is 43.4 Å². The van der Waals surface area contributed by atoms with E-state index in [9.17, 15) is 9.59 Å². The molecule has 0 radical (unpaired) electrons. The standard InChI is InChI=1S/C15H31N3O2/c1-14(2,3)13(20)17-9-7-8-12(19)18(6)11-15(4,5)10-16/h7-11,16H2,1-6H3,(H,17,20). The number of nitrogens with two attached hydrogens (primary N) is 1. The third-order valence-electron chi connectivity index (χ3n) is 3.18. The van der Waals surface area contributed by atoms with E-state index in [0.717, 1.165) is 0 Å². The minimum atomic E-state index is -0.383. The van der Waals surface area contributed by atoms with Crippen molar-refractivity contribution in [2.75, 3.05) is 26.7 Å². The Kier molecular flexibility index (Phi) is 7.20. The van der Waals surface area contributed by atoms with Crippen LogP contribution in [0.15, 0.2) is 0 Å². The molecule has 0 rings (SSSR count). The Morgan fingerprint density at radius 3 is 2.15 bits per heavy atom. The molecule has 0 aromatic rings. The lowest BCUT2D eigenvalue weighted by atomic mass is 9.93. The summed E-state index contributed by atoms with van der Waals surface area (Å²) in [6, 6.07) is 0. The van der Waals surface area contributed by atoms with Gasteiger partial charge in [-0.1, -0.05) is 34.6 Å². The predicted octanol–water partition coefficient (Wildman–Crippen LogP) is 1.37. The first kappa shape index (κ1) is 18.9. The minimum Gasteiger partial charge on any atom is -0.356 e. The smallest absolute Gasteiger partial charge is 0.225 e. The number of amides is 2. The predicted molar refractivity (Wildman–Crippen MR) is 82.2 cm³/mol. The fourth-order valence-electron chi connectivity index (χ4n) is 1.69. The molecule has 5 heteroatoms. The molecule has 118 valence electrons. The first-order valence-electron chi connectivity index (χ1n) is 7.22. The number of hydrogen-bond donors (Lipinski definition) is 2. The summed E-state index contributed by atoms with van der Waals surface area (Å²) in [5.41, 5.74) is 5.22. The Balaban J connectivity index is 3.98. The molecule has 0 atom stereocenters. The van der Waals surface area contributed by atoms with Gasteiger partial charge in [-0.3, -0.25) is 9.59 Å². The lowest BCUT2D eigenvalue weighted by Gasteiger charge is -2.29. The van der Waals surface area contributed by atoms with Gasteiger partial charge in [-0.15, -0.1) is 0 Å². The zero-order valence-electron chi connectivity index (χ0n) is 13.9. The van der Waals surface area contributed by atoms with E-state index < -0.39 is 0 Å². The molecule has 3 N–H and O–H groups in total. The molecule has 2 amide bonds. The second kappa shape index (κ2) is 7.62. The van der Waals surface area contributed by atoms with Crippen molar-refractivity contribution < 1.29 is 9.59 Å². The third-order valence-corrected chi connectivity index (χ3v) is 3.18. The molecule has 0 saturated carbocycles. The summed E-state index contributed by atoms with van der Waals surface area (Å²) in [4.78, 5) is 25.3. The Morgan fingerprint density at radius 1 is 1.15 bits per heavy atom. The summed E-state index contributed by atoms with van der Waals surface area (Å²) >= 11 is 0. The lowest BCUT2D eigenvalue weighted by molar-refractivity contribution is -0.132. The summed E-state index contributed by atoms with van der Waals surface area (Å²) in [6.45, 7) is 11.4. The van der Waals surface area contributed by atoms with Crippen LogP contribution in [0.1, 0.15) is 47.5 Å². The van der Waals surface area contributed by atoms with Gasteiger partial charge in [-0.2, -0.15) is 0 Å². The third kappa shape index (κ3) is 7.48. The second-order valence-electron chi connectivity index (χ2n) is 7.23. The van der Waals surface area contributed by atoms with E-state index in [1.807, 2.05) is 34.6 Å². The van der Waals surface area contributed by atoms with Crippen LogP contribution in [0.5, 0.6) is 0 Å². The maximum Gasteiger partial charge on any atom is 0.225 e. The summed E-state index contributed by atoms with van der Waals surface area (Å²) < 4.78 is 0. The molecule has 0 saturated heterocycles. The molecular formula is C15H31N3O2. The van der Waals surface area contributed by atoms with Crippen LogP contribution < -0.4 is 11.1 Å². The van der Waals surface area contributed by atoms with Crippen LogP contribution in [0.25, 0.3) is 0 Å². The number of rotatable bonds is 7. The molecular weight excluding hydrogens is 254 g/mol. The van der Waals surface area contributed by atoms with Crippen molar-refractivity contribution >= 4 is 11.8 Å². The van der Waals surface area contributed by atoms with E-state index in [4.69, 9.17) is 5.73 Å². The molecule has 0 aliphatic carbocycles. The van der Waals surface area contributed by atoms with Gasteiger partial charge in [0.1, 0.15) is 0 Å². The van der Waals surface area contributed by atoms with Gasteiger partial charge in [0, 0.05) is 32.0 Å². The first-order chi connectivity index (χ1) is 8.99. The largest absolute Gasteiger partial charge is 0.356 e. The Labute approximate surface area is 123 Å². The second-order valence-corrected chi connectivity index (χ2v) is 7.23. The topological polar surface area (TPSA) is 75.4 Å². The number of carbonyl (C=O) groups is 2. The number of nitrogens with zero attached hydrogens (tertiary/aromatic N) is 1. The van der Waals surface area contributed by atoms with Crippen LogP contribution in [-0.2, 0) is 9.59 Å². The van der Waals surface area contributed by atoms with Crippen LogP contribution >= 0.6 is 0 Å². The highest BCUT2D eigenvalue weighted by atomic mass is 16.2. The highest BCUT2D eigenvalue weighted by Crippen LogP contribution is 2.15. The molecule has 0 aromatic carbocycles. The summed E-state index contributed by atoms with van der Waals surface area (Å²) in [5.74, 6) is 0.110. The molecule has 0 bridgehead atoms. The Morgan fingerprint density at radius 2 is 1.70 bits per heavy atom. The van der Waals surface area contributed by atoms with Crippen molar-refractivity contribution in [3.05, 3.63) is 0 Å². The average Bonchev–Trinajstić information content (AvgIpc) is 2.32. The van der Waals surface area contributed by atoms with Crippen LogP contribution in [0.2, 0.25) is 0 Å². The van der Waals surface area contributed by atoms with Crippen LogP contribution in [0, 0.1) is 10.8 Å². The molecule has 0 heterocycles. The molecule has 5 nitrogen and oxygen atoms in total. The number of hydrogen-bond acceptors (Lipinski definition) is 3. The first-order valence-corrected chi connectivity index (χ1v) is 7.22. The molecule has 0 aromatic heterocycles. The fourth-order valence-corrected chi connectivity index (χ4v) is 1.69. The normalized spacial score (nSPS) is 12.2. The van der Waals surface area contributed by atoms with Gasteiger partial charge in [0.15, 0.2) is 0 Å². The molecule has 0 aliphatic rings. The minimum absolute atomic E-state index is 0.0163. The molecule has 0 aliphatic heterocycles.